The summed E-state index contributed by atoms with van der Waals surface area (Å²) in [6.07, 6.45) is 11.9. The van der Waals surface area contributed by atoms with E-state index >= 15 is 3.32 Å². The summed E-state index contributed by atoms with van der Waals surface area (Å²) in [7, 11) is 0. The van der Waals surface area contributed by atoms with Crippen LogP contribution in [-0.4, -0.2) is 72.3 Å². The summed E-state index contributed by atoms with van der Waals surface area (Å²) >= 11 is -5.95. The third-order valence-corrected chi connectivity index (χ3v) is 24.3. The second-order valence-corrected chi connectivity index (χ2v) is 25.2. The molecule has 0 amide bonds. The Morgan fingerprint density at radius 1 is 0.467 bits per heavy atom. The number of rotatable bonds is 20. The van der Waals surface area contributed by atoms with E-state index in [9.17, 15) is 0 Å². The van der Waals surface area contributed by atoms with Crippen molar-refractivity contribution in [2.75, 3.05) is 13.2 Å². The molecular formula is C24H56Na2O3Ti. The zero-order valence-corrected chi connectivity index (χ0v) is 22.0. The summed E-state index contributed by atoms with van der Waals surface area (Å²) in [6.45, 7) is 14.3. The maximum atomic E-state index is 16.3. The minimum absolute atomic E-state index is 0. The predicted molar refractivity (Wildman–Crippen MR) is 136 cm³/mol. The average Bonchev–Trinajstić information content (AvgIpc) is 2.70. The summed E-state index contributed by atoms with van der Waals surface area (Å²) < 4.78 is 32.9. The van der Waals surface area contributed by atoms with Gasteiger partial charge in [-0.3, -0.25) is 0 Å². The van der Waals surface area contributed by atoms with E-state index in [0.717, 1.165) is 77.0 Å². The summed E-state index contributed by atoms with van der Waals surface area (Å²) in [5.41, 5.74) is 0. The molecule has 0 saturated carbocycles. The average molecular weight is 487 g/mol. The Bertz CT molecular complexity index is 463. The van der Waals surface area contributed by atoms with Crippen LogP contribution in [0.25, 0.3) is 0 Å². The molecule has 176 valence electrons. The van der Waals surface area contributed by atoms with Crippen LogP contribution in [0.3, 0.4) is 0 Å². The third kappa shape index (κ3) is 9.59. The molecule has 0 aromatic rings. The van der Waals surface area contributed by atoms with Gasteiger partial charge in [-0.2, -0.15) is 0 Å². The van der Waals surface area contributed by atoms with E-state index in [0.29, 0.717) is 32.1 Å². The Hall–Kier alpha value is 2.43. The van der Waals surface area contributed by atoms with Crippen LogP contribution in [0.1, 0.15) is 119 Å². The van der Waals surface area contributed by atoms with E-state index in [1.807, 2.05) is 0 Å². The summed E-state index contributed by atoms with van der Waals surface area (Å²) in [5, 5.41) is 0. The molecule has 0 aliphatic carbocycles. The minimum atomic E-state index is -5.95. The topological polar surface area (TPSA) is 35.5 Å². The predicted octanol–water partition coefficient (Wildman–Crippen LogP) is 8.13. The molecule has 0 atom stereocenters. The van der Waals surface area contributed by atoms with Gasteiger partial charge in [0.2, 0.25) is 0 Å². The fraction of sp³-hybridized carbons (Fsp3) is 1.00. The molecule has 0 rings (SSSR count). The zero-order chi connectivity index (χ0) is 21.5. The molecular weight excluding hydrogens is 430 g/mol. The number of hydrogen-bond acceptors (Lipinski definition) is 3. The van der Waals surface area contributed by atoms with Crippen LogP contribution < -0.4 is 0 Å². The Balaban J connectivity index is -0.00000364. The van der Waals surface area contributed by atoms with Gasteiger partial charge in [0, 0.05) is 0 Å². The fourth-order valence-electron chi connectivity index (χ4n) is 5.62. The summed E-state index contributed by atoms with van der Waals surface area (Å²) in [4.78, 5) is 0. The fourth-order valence-corrected chi connectivity index (χ4v) is 22.3. The number of hydrogen-bond donors (Lipinski definition) is 0. The number of unbranched alkanes of at least 4 members (excludes halogenated alkanes) is 6. The third-order valence-electron chi connectivity index (χ3n) is 7.72. The summed E-state index contributed by atoms with van der Waals surface area (Å²) in [5.74, 6) is 0. The standard InChI is InChI=1S/2C4H9O.4C4H9.2Na.O.Ti.2H/c2*1-2-3-4-5;4*1-3-4-2;;;;;;/h2*2-4H2,1H3;4*1,3-4H2,2H3;;;;;;/q2*-1;;;;;;;;+2;;. The van der Waals surface area contributed by atoms with Crippen LogP contribution >= 0.6 is 0 Å². The van der Waals surface area contributed by atoms with Crippen LogP contribution in [0.5, 0.6) is 0 Å². The zero-order valence-electron chi connectivity index (χ0n) is 20.5. The second-order valence-electron chi connectivity index (χ2n) is 10.3. The molecule has 0 fully saturated rings. The van der Waals surface area contributed by atoms with Crippen LogP contribution in [0.2, 0.25) is 18.9 Å². The molecule has 3 nitrogen and oxygen atoms in total. The van der Waals surface area contributed by atoms with Gasteiger partial charge in [-0.1, -0.05) is 0 Å². The molecule has 0 aliphatic rings. The normalized spacial score (nSPS) is 15.2. The van der Waals surface area contributed by atoms with E-state index in [-0.39, 0.29) is 59.1 Å². The van der Waals surface area contributed by atoms with Gasteiger partial charge in [0.05, 0.1) is 0 Å². The van der Waals surface area contributed by atoms with Crippen molar-refractivity contribution in [2.45, 2.75) is 137 Å². The van der Waals surface area contributed by atoms with Crippen molar-refractivity contribution in [2.24, 2.45) is 0 Å². The quantitative estimate of drug-likeness (QED) is 0.129. The van der Waals surface area contributed by atoms with Gasteiger partial charge < -0.3 is 0 Å². The van der Waals surface area contributed by atoms with Gasteiger partial charge in [-0.05, 0) is 0 Å². The van der Waals surface area contributed by atoms with Crippen molar-refractivity contribution in [3.63, 3.8) is 0 Å². The van der Waals surface area contributed by atoms with Gasteiger partial charge in [0.25, 0.3) is 0 Å². The molecule has 0 aliphatic heterocycles. The molecule has 0 aromatic heterocycles. The van der Waals surface area contributed by atoms with E-state index in [2.05, 4.69) is 41.5 Å². The monoisotopic (exact) mass is 486 g/mol. The Labute approximate surface area is 230 Å². The molecule has 0 radical (unpaired) electrons. The van der Waals surface area contributed by atoms with E-state index in [1.54, 1.807) is 0 Å². The SMILES string of the molecule is CCCC[O][Ti](=[O])([CH2]CCC)([CH2]CCC)([CH2]CCC)([CH2]CCC)[O]CCCC.[NaH].[NaH]. The van der Waals surface area contributed by atoms with E-state index < -0.39 is 13.5 Å². The molecule has 6 heteroatoms. The van der Waals surface area contributed by atoms with E-state index in [4.69, 9.17) is 6.64 Å². The second kappa shape index (κ2) is 15.4. The molecule has 0 spiro atoms. The van der Waals surface area contributed by atoms with Crippen LogP contribution in [0.4, 0.5) is 0 Å². The molecule has 0 aromatic carbocycles. The summed E-state index contributed by atoms with van der Waals surface area (Å²) in [6, 6.07) is 0. The van der Waals surface area contributed by atoms with Crippen molar-refractivity contribution in [1.82, 2.24) is 0 Å². The molecule has 0 N–H and O–H groups in total. The van der Waals surface area contributed by atoms with Crippen LogP contribution in [0.15, 0.2) is 0 Å². The van der Waals surface area contributed by atoms with Gasteiger partial charge in [-0.25, -0.2) is 0 Å². The maximum absolute atomic E-state index is 16.3. The van der Waals surface area contributed by atoms with E-state index in [1.165, 1.54) is 0 Å². The van der Waals surface area contributed by atoms with Gasteiger partial charge in [0.15, 0.2) is 0 Å². The van der Waals surface area contributed by atoms with Crippen molar-refractivity contribution < 1.29 is 23.4 Å². The first-order valence-electron chi connectivity index (χ1n) is 12.8. The van der Waals surface area contributed by atoms with Crippen molar-refractivity contribution >= 4 is 59.1 Å². The molecule has 30 heavy (non-hydrogen) atoms. The van der Waals surface area contributed by atoms with Crippen LogP contribution in [-0.2, 0) is 23.4 Å². The molecule has 0 bridgehead atoms. The van der Waals surface area contributed by atoms with Crippen molar-refractivity contribution in [1.29, 1.82) is 0 Å². The van der Waals surface area contributed by atoms with Crippen LogP contribution in [0, 0.1) is 0 Å². The molecule has 0 saturated heterocycles. The first kappa shape index (κ1) is 37.0. The van der Waals surface area contributed by atoms with Crippen molar-refractivity contribution in [3.05, 3.63) is 0 Å². The first-order chi connectivity index (χ1) is 13.2. The Morgan fingerprint density at radius 2 is 0.700 bits per heavy atom. The van der Waals surface area contributed by atoms with Gasteiger partial charge in [0.1, 0.15) is 0 Å². The Kier molecular flexibility index (Phi) is 19.0. The molecule has 0 heterocycles. The van der Waals surface area contributed by atoms with Crippen molar-refractivity contribution in [3.8, 4) is 0 Å². The molecule has 0 unspecified atom stereocenters. The van der Waals surface area contributed by atoms with Gasteiger partial charge >= 0.3 is 233 Å². The first-order valence-corrected chi connectivity index (χ1v) is 19.2. The Morgan fingerprint density at radius 3 is 0.900 bits per heavy atom. The van der Waals surface area contributed by atoms with Gasteiger partial charge in [-0.15, -0.1) is 0 Å².